The molecule has 1 aromatic carbocycles. The number of carbonyl (C=O) groups excluding carboxylic acids is 1. The van der Waals surface area contributed by atoms with E-state index in [4.69, 9.17) is 14.2 Å². The van der Waals surface area contributed by atoms with E-state index < -0.39 is 0 Å². The van der Waals surface area contributed by atoms with Crippen LogP contribution < -0.4 is 19.1 Å². The Hall–Kier alpha value is -2.19. The standard InChI is InChI=1S/C19H25N3O4S/c1-5-21-6-8-22(9-7-21)19-20-18(23)16(27-19)12-13-10-14(24-2)17(26-4)15(11-13)25-3/h10-12H,5-9H2,1-4H3/p+1/b16-12-. The van der Waals surface area contributed by atoms with Crippen LogP contribution >= 0.6 is 11.8 Å². The normalized spacial score (nSPS) is 19.4. The largest absolute Gasteiger partial charge is 0.493 e. The number of rotatable bonds is 5. The molecule has 27 heavy (non-hydrogen) atoms. The van der Waals surface area contributed by atoms with Crippen molar-refractivity contribution in [2.24, 2.45) is 4.99 Å². The van der Waals surface area contributed by atoms with Crippen LogP contribution in [0.5, 0.6) is 17.2 Å². The Morgan fingerprint density at radius 3 is 2.30 bits per heavy atom. The number of amidine groups is 1. The van der Waals surface area contributed by atoms with Crippen molar-refractivity contribution in [2.75, 3.05) is 54.1 Å². The third kappa shape index (κ3) is 4.22. The lowest BCUT2D eigenvalue weighted by molar-refractivity contribution is -0.902. The molecule has 0 spiro atoms. The van der Waals surface area contributed by atoms with Crippen LogP contribution in [0.4, 0.5) is 0 Å². The molecule has 1 fully saturated rings. The van der Waals surface area contributed by atoms with Gasteiger partial charge in [-0.3, -0.25) is 4.79 Å². The molecule has 1 amide bonds. The number of thioether (sulfide) groups is 1. The van der Waals surface area contributed by atoms with E-state index in [-0.39, 0.29) is 5.91 Å². The molecule has 1 N–H and O–H groups in total. The van der Waals surface area contributed by atoms with Gasteiger partial charge in [-0.05, 0) is 42.5 Å². The molecule has 0 atom stereocenters. The lowest BCUT2D eigenvalue weighted by Crippen LogP contribution is -3.14. The summed E-state index contributed by atoms with van der Waals surface area (Å²) in [5, 5.41) is 0.800. The summed E-state index contributed by atoms with van der Waals surface area (Å²) in [4.78, 5) is 21.0. The number of likely N-dealkylation sites (N-methyl/N-ethyl adjacent to an activating group) is 1. The Morgan fingerprint density at radius 2 is 1.78 bits per heavy atom. The Bertz CT molecular complexity index is 745. The highest BCUT2D eigenvalue weighted by molar-refractivity contribution is 8.18. The molecule has 7 nitrogen and oxygen atoms in total. The highest BCUT2D eigenvalue weighted by atomic mass is 32.2. The van der Waals surface area contributed by atoms with Crippen LogP contribution in [0, 0.1) is 0 Å². The first-order chi connectivity index (χ1) is 13.1. The Morgan fingerprint density at radius 1 is 1.15 bits per heavy atom. The lowest BCUT2D eigenvalue weighted by atomic mass is 10.1. The number of amides is 1. The van der Waals surface area contributed by atoms with E-state index in [1.54, 1.807) is 26.2 Å². The van der Waals surface area contributed by atoms with Crippen molar-refractivity contribution < 1.29 is 23.9 Å². The highest BCUT2D eigenvalue weighted by Gasteiger charge is 2.29. The third-order valence-electron chi connectivity index (χ3n) is 4.84. The van der Waals surface area contributed by atoms with Crippen molar-refractivity contribution in [3.8, 4) is 17.2 Å². The number of hydrogen-bond donors (Lipinski definition) is 1. The smallest absolute Gasteiger partial charge is 0.286 e. The number of nitrogens with zero attached hydrogens (tertiary/aromatic N) is 2. The molecule has 8 heteroatoms. The maximum atomic E-state index is 12.4. The van der Waals surface area contributed by atoms with E-state index in [1.807, 2.05) is 18.2 Å². The van der Waals surface area contributed by atoms with Gasteiger partial charge in [-0.15, -0.1) is 0 Å². The summed E-state index contributed by atoms with van der Waals surface area (Å²) in [7, 11) is 4.71. The van der Waals surface area contributed by atoms with Gasteiger partial charge in [0.2, 0.25) is 5.75 Å². The average Bonchev–Trinajstić information content (AvgIpc) is 3.07. The first kappa shape index (κ1) is 19.6. The molecule has 0 bridgehead atoms. The summed E-state index contributed by atoms with van der Waals surface area (Å²) in [5.74, 6) is 1.44. The fourth-order valence-electron chi connectivity index (χ4n) is 3.24. The van der Waals surface area contributed by atoms with E-state index >= 15 is 0 Å². The van der Waals surface area contributed by atoms with Crippen LogP contribution in [0.2, 0.25) is 0 Å². The van der Waals surface area contributed by atoms with Crippen LogP contribution in [-0.2, 0) is 4.79 Å². The maximum absolute atomic E-state index is 12.4. The van der Waals surface area contributed by atoms with Gasteiger partial charge in [0.25, 0.3) is 5.91 Å². The van der Waals surface area contributed by atoms with Crippen molar-refractivity contribution in [3.63, 3.8) is 0 Å². The van der Waals surface area contributed by atoms with Crippen molar-refractivity contribution in [1.29, 1.82) is 0 Å². The molecule has 146 valence electrons. The predicted octanol–water partition coefficient (Wildman–Crippen LogP) is 0.903. The summed E-state index contributed by atoms with van der Waals surface area (Å²) in [6, 6.07) is 3.65. The van der Waals surface area contributed by atoms with E-state index in [1.165, 1.54) is 11.8 Å². The first-order valence-electron chi connectivity index (χ1n) is 9.00. The molecule has 1 aromatic rings. The molecule has 0 unspecified atom stereocenters. The molecule has 2 aliphatic heterocycles. The van der Waals surface area contributed by atoms with Gasteiger partial charge in [0, 0.05) is 0 Å². The number of piperazine rings is 1. The average molecular weight is 393 g/mol. The van der Waals surface area contributed by atoms with Crippen LogP contribution in [-0.4, -0.2) is 70.0 Å². The lowest BCUT2D eigenvalue weighted by Gasteiger charge is -2.32. The molecule has 0 aromatic heterocycles. The first-order valence-corrected chi connectivity index (χ1v) is 9.82. The molecule has 3 rings (SSSR count). The minimum absolute atomic E-state index is 0.200. The minimum Gasteiger partial charge on any atom is -0.493 e. The molecule has 2 heterocycles. The van der Waals surface area contributed by atoms with Gasteiger partial charge in [0.1, 0.15) is 0 Å². The molecular weight excluding hydrogens is 366 g/mol. The second-order valence-electron chi connectivity index (χ2n) is 6.36. The second kappa shape index (κ2) is 8.67. The highest BCUT2D eigenvalue weighted by Crippen LogP contribution is 2.39. The van der Waals surface area contributed by atoms with Crippen LogP contribution in [0.25, 0.3) is 6.08 Å². The van der Waals surface area contributed by atoms with E-state index in [0.29, 0.717) is 22.2 Å². The fraction of sp³-hybridized carbons (Fsp3) is 0.474. The maximum Gasteiger partial charge on any atom is 0.286 e. The summed E-state index contributed by atoms with van der Waals surface area (Å²) in [6.07, 6.45) is 1.82. The monoisotopic (exact) mass is 392 g/mol. The topological polar surface area (TPSA) is 64.8 Å². The Balaban J connectivity index is 1.78. The van der Waals surface area contributed by atoms with Gasteiger partial charge in [0.15, 0.2) is 16.7 Å². The summed E-state index contributed by atoms with van der Waals surface area (Å²) >= 11 is 1.43. The van der Waals surface area contributed by atoms with Crippen molar-refractivity contribution in [1.82, 2.24) is 4.90 Å². The number of hydrogen-bond acceptors (Lipinski definition) is 6. The molecule has 1 saturated heterocycles. The Labute approximate surface area is 164 Å². The number of quaternary nitrogens is 1. The summed E-state index contributed by atoms with van der Waals surface area (Å²) in [6.45, 7) is 7.36. The van der Waals surface area contributed by atoms with Crippen LogP contribution in [0.15, 0.2) is 22.0 Å². The predicted molar refractivity (Wildman–Crippen MR) is 107 cm³/mol. The van der Waals surface area contributed by atoms with Gasteiger partial charge >= 0.3 is 0 Å². The van der Waals surface area contributed by atoms with Gasteiger partial charge < -0.3 is 24.0 Å². The SMILES string of the molecule is CC[NH+]1CCN(C2=NC(=O)/C(=C/c3cc(OC)c(OC)c(OC)c3)S2)CC1. The number of methoxy groups -OCH3 is 3. The van der Waals surface area contributed by atoms with E-state index in [2.05, 4.69) is 16.8 Å². The molecule has 0 radical (unpaired) electrons. The van der Waals surface area contributed by atoms with E-state index in [9.17, 15) is 4.79 Å². The number of aliphatic imine (C=N–C) groups is 1. The fourth-order valence-corrected chi connectivity index (χ4v) is 4.20. The number of nitrogens with one attached hydrogen (secondary N) is 1. The molecule has 0 aliphatic carbocycles. The zero-order valence-corrected chi connectivity index (χ0v) is 17.0. The minimum atomic E-state index is -0.200. The third-order valence-corrected chi connectivity index (χ3v) is 5.88. The number of carbonyl (C=O) groups is 1. The number of ether oxygens (including phenoxy) is 3. The molecular formula is C19H26N3O4S+. The van der Waals surface area contributed by atoms with Crippen LogP contribution in [0.3, 0.4) is 0 Å². The van der Waals surface area contributed by atoms with Gasteiger partial charge in [0.05, 0.1) is 59.0 Å². The van der Waals surface area contributed by atoms with E-state index in [0.717, 1.165) is 43.5 Å². The zero-order valence-electron chi connectivity index (χ0n) is 16.2. The van der Waals surface area contributed by atoms with Crippen molar-refractivity contribution in [3.05, 3.63) is 22.6 Å². The quantitative estimate of drug-likeness (QED) is 0.752. The molecule has 0 saturated carbocycles. The van der Waals surface area contributed by atoms with Gasteiger partial charge in [-0.2, -0.15) is 4.99 Å². The van der Waals surface area contributed by atoms with Crippen molar-refractivity contribution in [2.45, 2.75) is 6.92 Å². The number of benzene rings is 1. The second-order valence-corrected chi connectivity index (χ2v) is 7.37. The summed E-state index contributed by atoms with van der Waals surface area (Å²) < 4.78 is 16.1. The van der Waals surface area contributed by atoms with Gasteiger partial charge in [-0.1, -0.05) is 0 Å². The van der Waals surface area contributed by atoms with Crippen molar-refractivity contribution >= 4 is 28.9 Å². The summed E-state index contributed by atoms with van der Waals surface area (Å²) in [5.41, 5.74) is 0.803. The van der Waals surface area contributed by atoms with Crippen LogP contribution in [0.1, 0.15) is 12.5 Å². The van der Waals surface area contributed by atoms with Gasteiger partial charge in [-0.25, -0.2) is 0 Å². The zero-order chi connectivity index (χ0) is 19.4. The Kier molecular flexibility index (Phi) is 6.28. The molecule has 2 aliphatic rings.